The van der Waals surface area contributed by atoms with E-state index in [1.54, 1.807) is 7.11 Å². The number of ether oxygens (including phenoxy) is 1. The standard InChI is InChI=1S/C19H22ClNO2/c1-19(2,15-6-8-16(20)9-7-15)18(22)21-13-12-14-4-10-17(23-3)11-5-14/h4-11H,12-13H2,1-3H3,(H,21,22). The highest BCUT2D eigenvalue weighted by Crippen LogP contribution is 2.24. The largest absolute Gasteiger partial charge is 0.497 e. The van der Waals surface area contributed by atoms with Gasteiger partial charge in [0.25, 0.3) is 0 Å². The molecule has 0 saturated carbocycles. The molecule has 0 unspecified atom stereocenters. The molecular weight excluding hydrogens is 310 g/mol. The van der Waals surface area contributed by atoms with Crippen LogP contribution in [-0.4, -0.2) is 19.6 Å². The molecule has 3 nitrogen and oxygen atoms in total. The third-order valence-corrected chi connectivity index (χ3v) is 4.24. The van der Waals surface area contributed by atoms with Gasteiger partial charge in [0.1, 0.15) is 5.75 Å². The van der Waals surface area contributed by atoms with Crippen LogP contribution in [0.1, 0.15) is 25.0 Å². The van der Waals surface area contributed by atoms with E-state index < -0.39 is 5.41 Å². The molecule has 2 rings (SSSR count). The van der Waals surface area contributed by atoms with Crippen molar-refractivity contribution in [2.45, 2.75) is 25.7 Å². The number of nitrogens with one attached hydrogen (secondary N) is 1. The number of hydrogen-bond donors (Lipinski definition) is 1. The van der Waals surface area contributed by atoms with Gasteiger partial charge in [0.05, 0.1) is 12.5 Å². The van der Waals surface area contributed by atoms with Crippen molar-refractivity contribution in [1.82, 2.24) is 5.32 Å². The molecule has 0 atom stereocenters. The van der Waals surface area contributed by atoms with Gasteiger partial charge in [-0.15, -0.1) is 0 Å². The van der Waals surface area contributed by atoms with E-state index in [0.717, 1.165) is 23.3 Å². The van der Waals surface area contributed by atoms with Crippen LogP contribution in [0.15, 0.2) is 48.5 Å². The minimum atomic E-state index is -0.593. The molecule has 0 bridgehead atoms. The fourth-order valence-electron chi connectivity index (χ4n) is 2.33. The first-order chi connectivity index (χ1) is 10.9. The van der Waals surface area contributed by atoms with E-state index in [4.69, 9.17) is 16.3 Å². The fourth-order valence-corrected chi connectivity index (χ4v) is 2.46. The lowest BCUT2D eigenvalue weighted by atomic mass is 9.83. The zero-order valence-electron chi connectivity index (χ0n) is 13.7. The monoisotopic (exact) mass is 331 g/mol. The number of rotatable bonds is 6. The van der Waals surface area contributed by atoms with Crippen molar-refractivity contribution in [3.8, 4) is 5.75 Å². The second kappa shape index (κ2) is 7.51. The van der Waals surface area contributed by atoms with Crippen molar-refractivity contribution in [1.29, 1.82) is 0 Å². The maximum atomic E-state index is 12.5. The molecule has 0 aliphatic rings. The first kappa shape index (κ1) is 17.4. The van der Waals surface area contributed by atoms with E-state index in [9.17, 15) is 4.79 Å². The van der Waals surface area contributed by atoms with Gasteiger partial charge in [0.15, 0.2) is 0 Å². The van der Waals surface area contributed by atoms with Crippen LogP contribution in [0.2, 0.25) is 5.02 Å². The SMILES string of the molecule is COc1ccc(CCNC(=O)C(C)(C)c2ccc(Cl)cc2)cc1. The van der Waals surface area contributed by atoms with Gasteiger partial charge < -0.3 is 10.1 Å². The summed E-state index contributed by atoms with van der Waals surface area (Å²) in [4.78, 5) is 12.5. The van der Waals surface area contributed by atoms with Crippen LogP contribution in [0.25, 0.3) is 0 Å². The minimum Gasteiger partial charge on any atom is -0.497 e. The fraction of sp³-hybridized carbons (Fsp3) is 0.316. The van der Waals surface area contributed by atoms with E-state index in [-0.39, 0.29) is 5.91 Å². The van der Waals surface area contributed by atoms with Crippen molar-refractivity contribution < 1.29 is 9.53 Å². The Kier molecular flexibility index (Phi) is 5.67. The van der Waals surface area contributed by atoms with Crippen LogP contribution in [0.5, 0.6) is 5.75 Å². The maximum Gasteiger partial charge on any atom is 0.230 e. The van der Waals surface area contributed by atoms with Crippen LogP contribution in [0, 0.1) is 0 Å². The maximum absolute atomic E-state index is 12.5. The Bertz CT molecular complexity index is 648. The van der Waals surface area contributed by atoms with Gasteiger partial charge in [-0.05, 0) is 55.7 Å². The van der Waals surface area contributed by atoms with Gasteiger partial charge in [0, 0.05) is 11.6 Å². The summed E-state index contributed by atoms with van der Waals surface area (Å²) in [5.41, 5.74) is 1.52. The van der Waals surface area contributed by atoms with Crippen molar-refractivity contribution >= 4 is 17.5 Å². The zero-order valence-corrected chi connectivity index (χ0v) is 14.5. The van der Waals surface area contributed by atoms with Gasteiger partial charge in [0.2, 0.25) is 5.91 Å². The molecule has 1 amide bonds. The van der Waals surface area contributed by atoms with Crippen LogP contribution >= 0.6 is 11.6 Å². The first-order valence-corrected chi connectivity index (χ1v) is 7.98. The molecule has 0 heterocycles. The van der Waals surface area contributed by atoms with E-state index in [1.807, 2.05) is 62.4 Å². The number of hydrogen-bond acceptors (Lipinski definition) is 2. The van der Waals surface area contributed by atoms with E-state index >= 15 is 0 Å². The Balaban J connectivity index is 1.91. The summed E-state index contributed by atoms with van der Waals surface area (Å²) in [6.45, 7) is 4.43. The van der Waals surface area contributed by atoms with Crippen molar-refractivity contribution in [2.24, 2.45) is 0 Å². The molecule has 0 aliphatic carbocycles. The average Bonchev–Trinajstić information content (AvgIpc) is 2.55. The Morgan fingerprint density at radius 2 is 1.70 bits per heavy atom. The zero-order chi connectivity index (χ0) is 16.9. The van der Waals surface area contributed by atoms with Crippen molar-refractivity contribution in [3.05, 3.63) is 64.7 Å². The predicted molar refractivity (Wildman–Crippen MR) is 94.2 cm³/mol. The number of carbonyl (C=O) groups excluding carboxylic acids is 1. The summed E-state index contributed by atoms with van der Waals surface area (Å²) in [5, 5.41) is 3.68. The quantitative estimate of drug-likeness (QED) is 0.869. The summed E-state index contributed by atoms with van der Waals surface area (Å²) in [7, 11) is 1.65. The second-order valence-electron chi connectivity index (χ2n) is 5.99. The molecule has 122 valence electrons. The molecule has 2 aromatic rings. The van der Waals surface area contributed by atoms with E-state index in [1.165, 1.54) is 0 Å². The summed E-state index contributed by atoms with van der Waals surface area (Å²) in [5.74, 6) is 0.843. The van der Waals surface area contributed by atoms with Gasteiger partial charge in [-0.3, -0.25) is 4.79 Å². The van der Waals surface area contributed by atoms with Crippen molar-refractivity contribution in [3.63, 3.8) is 0 Å². The summed E-state index contributed by atoms with van der Waals surface area (Å²) < 4.78 is 5.13. The van der Waals surface area contributed by atoms with E-state index in [2.05, 4.69) is 5.32 Å². The van der Waals surface area contributed by atoms with Gasteiger partial charge in [-0.25, -0.2) is 0 Å². The van der Waals surface area contributed by atoms with Crippen LogP contribution in [0.4, 0.5) is 0 Å². The molecule has 1 N–H and O–H groups in total. The van der Waals surface area contributed by atoms with Crippen LogP contribution < -0.4 is 10.1 Å². The molecule has 0 aliphatic heterocycles. The van der Waals surface area contributed by atoms with E-state index in [0.29, 0.717) is 11.6 Å². The smallest absolute Gasteiger partial charge is 0.230 e. The highest BCUT2D eigenvalue weighted by atomic mass is 35.5. The molecule has 0 radical (unpaired) electrons. The lowest BCUT2D eigenvalue weighted by molar-refractivity contribution is -0.125. The molecule has 0 fully saturated rings. The number of carbonyl (C=O) groups is 1. The third kappa shape index (κ3) is 4.49. The molecule has 0 aromatic heterocycles. The third-order valence-electron chi connectivity index (χ3n) is 3.99. The minimum absolute atomic E-state index is 0.00772. The summed E-state index contributed by atoms with van der Waals surface area (Å²) >= 11 is 5.90. The van der Waals surface area contributed by atoms with Crippen LogP contribution in [0.3, 0.4) is 0 Å². The number of amides is 1. The normalized spacial score (nSPS) is 11.1. The van der Waals surface area contributed by atoms with Gasteiger partial charge in [-0.1, -0.05) is 35.9 Å². The first-order valence-electron chi connectivity index (χ1n) is 7.61. The molecule has 2 aromatic carbocycles. The van der Waals surface area contributed by atoms with Gasteiger partial charge >= 0.3 is 0 Å². The highest BCUT2D eigenvalue weighted by molar-refractivity contribution is 6.30. The Labute approximate surface area is 142 Å². The lowest BCUT2D eigenvalue weighted by Crippen LogP contribution is -2.40. The predicted octanol–water partition coefficient (Wildman–Crippen LogP) is 3.99. The van der Waals surface area contributed by atoms with Crippen molar-refractivity contribution in [2.75, 3.05) is 13.7 Å². The molecular formula is C19H22ClNO2. The highest BCUT2D eigenvalue weighted by Gasteiger charge is 2.29. The average molecular weight is 332 g/mol. The summed E-state index contributed by atoms with van der Waals surface area (Å²) in [6, 6.07) is 15.3. The Morgan fingerprint density at radius 3 is 2.26 bits per heavy atom. The van der Waals surface area contributed by atoms with Crippen LogP contribution in [-0.2, 0) is 16.6 Å². The summed E-state index contributed by atoms with van der Waals surface area (Å²) in [6.07, 6.45) is 0.784. The second-order valence-corrected chi connectivity index (χ2v) is 6.42. The molecule has 0 spiro atoms. The Morgan fingerprint density at radius 1 is 1.09 bits per heavy atom. The lowest BCUT2D eigenvalue weighted by Gasteiger charge is -2.24. The molecule has 4 heteroatoms. The number of benzene rings is 2. The topological polar surface area (TPSA) is 38.3 Å². The number of methoxy groups -OCH3 is 1. The molecule has 0 saturated heterocycles. The van der Waals surface area contributed by atoms with Gasteiger partial charge in [-0.2, -0.15) is 0 Å². The Hall–Kier alpha value is -2.00. The number of halogens is 1. The molecule has 23 heavy (non-hydrogen) atoms.